The van der Waals surface area contributed by atoms with Crippen molar-refractivity contribution in [1.82, 2.24) is 5.32 Å². The summed E-state index contributed by atoms with van der Waals surface area (Å²) in [4.78, 5) is 0. The highest BCUT2D eigenvalue weighted by Gasteiger charge is 2.21. The van der Waals surface area contributed by atoms with E-state index >= 15 is 0 Å². The molecule has 21 heavy (non-hydrogen) atoms. The largest absolute Gasteiger partial charge is 0.496 e. The number of rotatable bonds is 4. The Kier molecular flexibility index (Phi) is 3.62. The van der Waals surface area contributed by atoms with Gasteiger partial charge in [-0.25, -0.2) is 4.39 Å². The fourth-order valence-electron chi connectivity index (χ4n) is 2.63. The van der Waals surface area contributed by atoms with E-state index in [1.165, 1.54) is 12.1 Å². The lowest BCUT2D eigenvalue weighted by atomic mass is 9.97. The van der Waals surface area contributed by atoms with Crippen LogP contribution < -0.4 is 10.1 Å². The minimum Gasteiger partial charge on any atom is -0.496 e. The van der Waals surface area contributed by atoms with E-state index in [0.29, 0.717) is 5.75 Å². The maximum atomic E-state index is 13.6. The van der Waals surface area contributed by atoms with Crippen LogP contribution in [0.1, 0.15) is 17.2 Å². The number of nitrogens with one attached hydrogen (secondary N) is 1. The molecule has 3 rings (SSSR count). The molecular weight excluding hydrogens is 269 g/mol. The van der Waals surface area contributed by atoms with Gasteiger partial charge in [0.2, 0.25) is 0 Å². The van der Waals surface area contributed by atoms with Crippen LogP contribution in [0.4, 0.5) is 4.39 Å². The van der Waals surface area contributed by atoms with Gasteiger partial charge in [0.1, 0.15) is 17.1 Å². The van der Waals surface area contributed by atoms with Crippen molar-refractivity contribution in [1.29, 1.82) is 0 Å². The maximum Gasteiger partial charge on any atom is 0.134 e. The Balaban J connectivity index is 2.16. The van der Waals surface area contributed by atoms with Gasteiger partial charge < -0.3 is 14.5 Å². The highest BCUT2D eigenvalue weighted by molar-refractivity contribution is 5.82. The Morgan fingerprint density at radius 1 is 1.14 bits per heavy atom. The number of hydrogen-bond donors (Lipinski definition) is 1. The molecule has 3 nitrogen and oxygen atoms in total. The lowest BCUT2D eigenvalue weighted by Gasteiger charge is -2.18. The van der Waals surface area contributed by atoms with Crippen LogP contribution in [0.5, 0.6) is 5.75 Å². The number of ether oxygens (including phenoxy) is 1. The van der Waals surface area contributed by atoms with Crippen molar-refractivity contribution in [3.05, 3.63) is 65.7 Å². The molecule has 0 bridgehead atoms. The molecule has 1 atom stereocenters. The molecule has 0 aliphatic heterocycles. The topological polar surface area (TPSA) is 34.4 Å². The van der Waals surface area contributed by atoms with Crippen LogP contribution in [-0.2, 0) is 0 Å². The molecule has 0 saturated heterocycles. The van der Waals surface area contributed by atoms with Gasteiger partial charge in [0, 0.05) is 16.5 Å². The Hall–Kier alpha value is -2.33. The summed E-state index contributed by atoms with van der Waals surface area (Å²) in [6.45, 7) is 0. The van der Waals surface area contributed by atoms with Crippen LogP contribution in [0.15, 0.2) is 53.1 Å². The zero-order valence-corrected chi connectivity index (χ0v) is 11.9. The SMILES string of the molecule is CNC(c1cc(F)ccc1OC)c1coc2ccccc12. The third-order valence-electron chi connectivity index (χ3n) is 3.61. The van der Waals surface area contributed by atoms with Crippen LogP contribution in [0.2, 0.25) is 0 Å². The number of furan rings is 1. The fraction of sp³-hybridized carbons (Fsp3) is 0.176. The summed E-state index contributed by atoms with van der Waals surface area (Å²) in [5, 5.41) is 4.21. The van der Waals surface area contributed by atoms with Crippen molar-refractivity contribution >= 4 is 11.0 Å². The second-order valence-electron chi connectivity index (χ2n) is 4.80. The summed E-state index contributed by atoms with van der Waals surface area (Å²) in [7, 11) is 3.41. The van der Waals surface area contributed by atoms with E-state index in [1.807, 2.05) is 31.3 Å². The van der Waals surface area contributed by atoms with Gasteiger partial charge in [-0.05, 0) is 31.3 Å². The molecule has 3 aromatic rings. The quantitative estimate of drug-likeness (QED) is 0.789. The van der Waals surface area contributed by atoms with Crippen molar-refractivity contribution in [3.63, 3.8) is 0 Å². The van der Waals surface area contributed by atoms with Gasteiger partial charge >= 0.3 is 0 Å². The third-order valence-corrected chi connectivity index (χ3v) is 3.61. The molecule has 1 aromatic heterocycles. The average molecular weight is 285 g/mol. The number of fused-ring (bicyclic) bond motifs is 1. The van der Waals surface area contributed by atoms with Crippen LogP contribution in [0, 0.1) is 5.82 Å². The number of hydrogen-bond acceptors (Lipinski definition) is 3. The standard InChI is InChI=1S/C17H16FNO2/c1-19-17(13-9-11(18)7-8-15(13)20-2)14-10-21-16-6-4-3-5-12(14)16/h3-10,17,19H,1-2H3. The monoisotopic (exact) mass is 285 g/mol. The number of para-hydroxylation sites is 1. The molecule has 1 N–H and O–H groups in total. The summed E-state index contributed by atoms with van der Waals surface area (Å²) in [6, 6.07) is 12.1. The zero-order valence-electron chi connectivity index (χ0n) is 11.9. The lowest BCUT2D eigenvalue weighted by molar-refractivity contribution is 0.403. The molecule has 0 saturated carbocycles. The summed E-state index contributed by atoms with van der Waals surface area (Å²) >= 11 is 0. The predicted octanol–water partition coefficient (Wildman–Crippen LogP) is 3.89. The second kappa shape index (κ2) is 5.58. The van der Waals surface area contributed by atoms with Gasteiger partial charge in [0.05, 0.1) is 19.4 Å². The minimum absolute atomic E-state index is 0.209. The van der Waals surface area contributed by atoms with Crippen LogP contribution in [0.25, 0.3) is 11.0 Å². The van der Waals surface area contributed by atoms with Gasteiger partial charge in [-0.15, -0.1) is 0 Å². The smallest absolute Gasteiger partial charge is 0.134 e. The summed E-state index contributed by atoms with van der Waals surface area (Å²) in [5.74, 6) is 0.347. The first-order chi connectivity index (χ1) is 10.2. The molecule has 0 spiro atoms. The Morgan fingerprint density at radius 3 is 2.71 bits per heavy atom. The molecule has 1 heterocycles. The fourth-order valence-corrected chi connectivity index (χ4v) is 2.63. The lowest BCUT2D eigenvalue weighted by Crippen LogP contribution is -2.18. The molecule has 2 aromatic carbocycles. The van der Waals surface area contributed by atoms with E-state index in [0.717, 1.165) is 22.1 Å². The van der Waals surface area contributed by atoms with Gasteiger partial charge in [0.25, 0.3) is 0 Å². The summed E-state index contributed by atoms with van der Waals surface area (Å²) in [6.07, 6.45) is 1.70. The van der Waals surface area contributed by atoms with Crippen molar-refractivity contribution < 1.29 is 13.5 Å². The maximum absolute atomic E-state index is 13.6. The zero-order chi connectivity index (χ0) is 14.8. The first kappa shape index (κ1) is 13.6. The second-order valence-corrected chi connectivity index (χ2v) is 4.80. The van der Waals surface area contributed by atoms with E-state index in [4.69, 9.17) is 9.15 Å². The van der Waals surface area contributed by atoms with E-state index in [9.17, 15) is 4.39 Å². The van der Waals surface area contributed by atoms with Crippen LogP contribution in [-0.4, -0.2) is 14.2 Å². The molecule has 0 aliphatic carbocycles. The van der Waals surface area contributed by atoms with Crippen LogP contribution >= 0.6 is 0 Å². The highest BCUT2D eigenvalue weighted by Crippen LogP contribution is 2.35. The Labute approximate surface area is 122 Å². The van der Waals surface area contributed by atoms with E-state index in [-0.39, 0.29) is 11.9 Å². The van der Waals surface area contributed by atoms with Crippen LogP contribution in [0.3, 0.4) is 0 Å². The van der Waals surface area contributed by atoms with Crippen molar-refractivity contribution in [3.8, 4) is 5.75 Å². The summed E-state index contributed by atoms with van der Waals surface area (Å²) in [5.41, 5.74) is 2.51. The normalized spacial score (nSPS) is 12.5. The molecule has 0 amide bonds. The molecular formula is C17H16FNO2. The van der Waals surface area contributed by atoms with Crippen molar-refractivity contribution in [2.75, 3.05) is 14.2 Å². The number of benzene rings is 2. The third kappa shape index (κ3) is 2.38. The molecule has 1 unspecified atom stereocenters. The van der Waals surface area contributed by atoms with E-state index in [2.05, 4.69) is 5.32 Å². The highest BCUT2D eigenvalue weighted by atomic mass is 19.1. The van der Waals surface area contributed by atoms with Gasteiger partial charge in [-0.2, -0.15) is 0 Å². The number of methoxy groups -OCH3 is 1. The first-order valence-electron chi connectivity index (χ1n) is 6.71. The molecule has 108 valence electrons. The number of halogens is 1. The molecule has 0 fully saturated rings. The first-order valence-corrected chi connectivity index (χ1v) is 6.71. The van der Waals surface area contributed by atoms with Crippen molar-refractivity contribution in [2.45, 2.75) is 6.04 Å². The van der Waals surface area contributed by atoms with Crippen molar-refractivity contribution in [2.24, 2.45) is 0 Å². The van der Waals surface area contributed by atoms with E-state index < -0.39 is 0 Å². The minimum atomic E-state index is -0.293. The van der Waals surface area contributed by atoms with E-state index in [1.54, 1.807) is 19.4 Å². The molecule has 0 radical (unpaired) electrons. The molecule has 4 heteroatoms. The van der Waals surface area contributed by atoms with Gasteiger partial charge in [-0.3, -0.25) is 0 Å². The summed E-state index contributed by atoms with van der Waals surface area (Å²) < 4.78 is 24.6. The van der Waals surface area contributed by atoms with Gasteiger partial charge in [0.15, 0.2) is 0 Å². The Morgan fingerprint density at radius 2 is 1.95 bits per heavy atom. The predicted molar refractivity (Wildman–Crippen MR) is 80.1 cm³/mol. The van der Waals surface area contributed by atoms with Gasteiger partial charge in [-0.1, -0.05) is 18.2 Å². The average Bonchev–Trinajstić information content (AvgIpc) is 2.93. The Bertz CT molecular complexity index is 766. The molecule has 0 aliphatic rings.